The Bertz CT molecular complexity index is 2340. The lowest BCUT2D eigenvalue weighted by Gasteiger charge is -2.61. The van der Waals surface area contributed by atoms with E-state index in [1.165, 1.54) is 6.92 Å². The number of thioether (sulfide) groups is 1. The molecule has 12 nitrogen and oxygen atoms in total. The molecule has 9 heterocycles. The fourth-order valence-corrected chi connectivity index (χ4v) is 12.9. The Labute approximate surface area is 323 Å². The third-order valence-corrected chi connectivity index (χ3v) is 14.5. The highest BCUT2D eigenvalue weighted by atomic mass is 32.2. The number of aryl methyl sites for hydroxylation is 1. The van der Waals surface area contributed by atoms with Crippen LogP contribution in [0.5, 0.6) is 28.7 Å². The maximum atomic E-state index is 15.0. The minimum Gasteiger partial charge on any atom is -0.504 e. The van der Waals surface area contributed by atoms with Crippen molar-refractivity contribution in [1.82, 2.24) is 20.1 Å². The van der Waals surface area contributed by atoms with E-state index in [0.29, 0.717) is 47.3 Å². The van der Waals surface area contributed by atoms with Gasteiger partial charge in [0.1, 0.15) is 12.4 Å². The number of piperazine rings is 1. The number of hydrogen-bond acceptors (Lipinski definition) is 12. The molecule has 0 amide bonds. The van der Waals surface area contributed by atoms with Crippen LogP contribution >= 0.6 is 11.8 Å². The Kier molecular flexibility index (Phi) is 7.66. The first-order valence-corrected chi connectivity index (χ1v) is 20.1. The largest absolute Gasteiger partial charge is 0.504 e. The number of carbonyl (C=O) groups excluding carboxylic acids is 2. The molecule has 55 heavy (non-hydrogen) atoms. The summed E-state index contributed by atoms with van der Waals surface area (Å²) in [5.74, 6) is 1.73. The number of hydrogen-bond donors (Lipinski definition) is 3. The minimum atomic E-state index is -1.20. The summed E-state index contributed by atoms with van der Waals surface area (Å²) in [6, 6.07) is 9.24. The number of nitrogens with one attached hydrogen (secondary N) is 2. The molecule has 4 bridgehead atoms. The molecule has 2 unspecified atom stereocenters. The highest BCUT2D eigenvalue weighted by molar-refractivity contribution is 7.99. The van der Waals surface area contributed by atoms with Gasteiger partial charge in [0, 0.05) is 70.0 Å². The summed E-state index contributed by atoms with van der Waals surface area (Å²) in [6.07, 6.45) is 1.39. The summed E-state index contributed by atoms with van der Waals surface area (Å²) in [5.41, 5.74) is 6.34. The second kappa shape index (κ2) is 12.0. The number of carbonyl (C=O) groups is 2. The first-order valence-electron chi connectivity index (χ1n) is 19.1. The predicted octanol–water partition coefficient (Wildman–Crippen LogP) is 5.64. The second-order valence-corrected chi connectivity index (χ2v) is 17.7. The third-order valence-electron chi connectivity index (χ3n) is 13.0. The van der Waals surface area contributed by atoms with Gasteiger partial charge in [-0.15, -0.1) is 11.8 Å². The van der Waals surface area contributed by atoms with Crippen molar-refractivity contribution in [3.63, 3.8) is 0 Å². The Morgan fingerprint density at radius 1 is 1.09 bits per heavy atom. The van der Waals surface area contributed by atoms with Crippen LogP contribution in [0.25, 0.3) is 10.9 Å². The van der Waals surface area contributed by atoms with E-state index >= 15 is 4.79 Å². The number of fused-ring (bicyclic) bond motifs is 8. The number of phenols is 1. The summed E-state index contributed by atoms with van der Waals surface area (Å²) in [7, 11) is 3.72. The average molecular weight is 767 g/mol. The van der Waals surface area contributed by atoms with Crippen LogP contribution < -0.4 is 24.3 Å². The van der Waals surface area contributed by atoms with E-state index < -0.39 is 23.1 Å². The topological polar surface area (TPSA) is 135 Å². The smallest absolute Gasteiger partial charge is 0.333 e. The number of aromatic hydroxyl groups is 1. The van der Waals surface area contributed by atoms with E-state index in [1.54, 1.807) is 18.9 Å². The molecule has 1 spiro atoms. The number of H-pyrrole nitrogens is 1. The van der Waals surface area contributed by atoms with Crippen molar-refractivity contribution >= 4 is 34.6 Å². The lowest BCUT2D eigenvalue weighted by molar-refractivity contribution is -0.160. The minimum absolute atomic E-state index is 0.0160. The number of aromatic nitrogens is 1. The molecule has 2 saturated heterocycles. The summed E-state index contributed by atoms with van der Waals surface area (Å²) >= 11 is 1.66. The maximum Gasteiger partial charge on any atom is 0.333 e. The summed E-state index contributed by atoms with van der Waals surface area (Å²) in [5, 5.41) is 16.6. The van der Waals surface area contributed by atoms with E-state index in [-0.39, 0.29) is 48.5 Å². The number of benzene rings is 3. The molecule has 3 N–H and O–H groups in total. The van der Waals surface area contributed by atoms with Crippen molar-refractivity contribution in [2.24, 2.45) is 0 Å². The SMILES string of the molecule is COc1c(C)cc2c(c1O)[C@H]1[C@@H]3[C@@H]4SC[C@]5(N[C@H](C)Cc6c5[nH]c5ccccc65)C(=O)OC[C@@H](c5c6c(c(C)c(OC(C)=O)c54)OCO6)N3C(C)(C2)CN1C. The van der Waals surface area contributed by atoms with Gasteiger partial charge in [-0.1, -0.05) is 24.3 Å². The molecule has 0 aliphatic carbocycles. The highest BCUT2D eigenvalue weighted by Gasteiger charge is 2.63. The molecule has 8 atom stereocenters. The van der Waals surface area contributed by atoms with Crippen LogP contribution in [0.3, 0.4) is 0 Å². The molecule has 2 fully saturated rings. The average Bonchev–Trinajstić information content (AvgIpc) is 3.73. The van der Waals surface area contributed by atoms with Gasteiger partial charge < -0.3 is 33.8 Å². The maximum absolute atomic E-state index is 15.0. The quantitative estimate of drug-likeness (QED) is 0.172. The van der Waals surface area contributed by atoms with E-state index in [0.717, 1.165) is 56.4 Å². The fraction of sp³-hybridized carbons (Fsp3) is 0.476. The van der Waals surface area contributed by atoms with Crippen molar-refractivity contribution in [2.45, 2.75) is 88.0 Å². The molecule has 8 aliphatic rings. The van der Waals surface area contributed by atoms with Crippen LogP contribution in [0.4, 0.5) is 0 Å². The Morgan fingerprint density at radius 2 is 1.87 bits per heavy atom. The molecular weight excluding hydrogens is 721 g/mol. The van der Waals surface area contributed by atoms with Crippen molar-refractivity contribution in [1.29, 1.82) is 0 Å². The molecule has 13 heteroatoms. The standard InChI is InChI=1S/C42H46N4O8S/c1-19-12-23-14-41(5)16-45(6)31(28(23)33(48)34(19)50-7)32-38-30-29(37-36(52-18-53-37)21(3)35(30)54-22(4)47)27(46(32)41)15-51-40(49)42(17-55-38)39-25(13-20(2)44-42)24-10-8-9-11-26(24)43-39/h8-12,20,27,31-32,38,43-44,48H,13-18H2,1-7H3/t20-,27+,31+,32-,38-,41?,42-/m1/s1. The van der Waals surface area contributed by atoms with Crippen LogP contribution in [0, 0.1) is 13.8 Å². The van der Waals surface area contributed by atoms with Crippen LogP contribution in [0.15, 0.2) is 30.3 Å². The van der Waals surface area contributed by atoms with E-state index in [1.807, 2.05) is 26.0 Å². The van der Waals surface area contributed by atoms with Crippen LogP contribution in [-0.4, -0.2) is 89.3 Å². The van der Waals surface area contributed by atoms with Gasteiger partial charge in [-0.3, -0.25) is 19.9 Å². The molecule has 4 aromatic rings. The van der Waals surface area contributed by atoms with Gasteiger partial charge in [0.15, 0.2) is 28.5 Å². The van der Waals surface area contributed by atoms with E-state index in [2.05, 4.69) is 59.2 Å². The van der Waals surface area contributed by atoms with Gasteiger partial charge in [0.2, 0.25) is 6.79 Å². The fourth-order valence-electron chi connectivity index (χ4n) is 11.2. The number of nitrogens with zero attached hydrogens (tertiary/aromatic N) is 2. The number of aromatic amines is 1. The second-order valence-electron chi connectivity index (χ2n) is 16.5. The molecular formula is C42H46N4O8S. The highest BCUT2D eigenvalue weighted by Crippen LogP contribution is 2.65. The van der Waals surface area contributed by atoms with E-state index in [9.17, 15) is 9.90 Å². The van der Waals surface area contributed by atoms with Gasteiger partial charge in [-0.2, -0.15) is 0 Å². The van der Waals surface area contributed by atoms with Gasteiger partial charge in [0.05, 0.1) is 30.1 Å². The molecule has 12 rings (SSSR count). The van der Waals surface area contributed by atoms with Gasteiger partial charge in [-0.25, -0.2) is 4.79 Å². The Balaban J connectivity index is 1.26. The summed E-state index contributed by atoms with van der Waals surface area (Å²) in [4.78, 5) is 36.6. The summed E-state index contributed by atoms with van der Waals surface area (Å²) < 4.78 is 31.2. The molecule has 288 valence electrons. The first kappa shape index (κ1) is 35.0. The number of para-hydroxylation sites is 1. The number of phenolic OH excluding ortho intramolecular Hbond substituents is 1. The Morgan fingerprint density at radius 3 is 2.65 bits per heavy atom. The number of rotatable bonds is 2. The lowest BCUT2D eigenvalue weighted by atomic mass is 9.76. The van der Waals surface area contributed by atoms with Crippen LogP contribution in [-0.2, 0) is 32.7 Å². The predicted molar refractivity (Wildman–Crippen MR) is 206 cm³/mol. The van der Waals surface area contributed by atoms with Gasteiger partial charge in [-0.05, 0) is 70.3 Å². The monoisotopic (exact) mass is 766 g/mol. The number of likely N-dealkylation sites (N-methyl/N-ethyl adjacent to an activating group) is 1. The summed E-state index contributed by atoms with van der Waals surface area (Å²) in [6.45, 7) is 10.4. The van der Waals surface area contributed by atoms with Crippen LogP contribution in [0.2, 0.25) is 0 Å². The third kappa shape index (κ3) is 4.69. The van der Waals surface area contributed by atoms with Gasteiger partial charge >= 0.3 is 11.9 Å². The molecule has 1 aromatic heterocycles. The first-order chi connectivity index (χ1) is 26.4. The molecule has 8 aliphatic heterocycles. The van der Waals surface area contributed by atoms with Crippen molar-refractivity contribution in [3.8, 4) is 28.7 Å². The van der Waals surface area contributed by atoms with E-state index in [4.69, 9.17) is 23.7 Å². The molecule has 3 aromatic carbocycles. The molecule has 0 saturated carbocycles. The van der Waals surface area contributed by atoms with Gasteiger partial charge in [0.25, 0.3) is 0 Å². The van der Waals surface area contributed by atoms with Crippen molar-refractivity contribution < 1.29 is 38.4 Å². The number of esters is 2. The zero-order valence-corrected chi connectivity index (χ0v) is 32.9. The number of ether oxygens (including phenoxy) is 5. The van der Waals surface area contributed by atoms with Crippen molar-refractivity contribution in [2.75, 3.05) is 39.9 Å². The Hall–Kier alpha value is -4.43. The normalized spacial score (nSPS) is 31.7. The van der Waals surface area contributed by atoms with Crippen LogP contribution in [0.1, 0.15) is 82.7 Å². The molecule has 0 radical (unpaired) electrons. The number of methoxy groups -OCH3 is 1. The lowest BCUT2D eigenvalue weighted by Crippen LogP contribution is -2.69. The van der Waals surface area contributed by atoms with Crippen molar-refractivity contribution in [3.05, 3.63) is 75.0 Å². The zero-order valence-electron chi connectivity index (χ0n) is 32.1. The zero-order chi connectivity index (χ0) is 38.3.